The largest absolute Gasteiger partial charge is 0.202 e. The van der Waals surface area contributed by atoms with Crippen molar-refractivity contribution in [1.29, 1.82) is 0 Å². The van der Waals surface area contributed by atoms with Crippen molar-refractivity contribution < 1.29 is 22.0 Å². The Morgan fingerprint density at radius 1 is 0.700 bits per heavy atom. The first-order chi connectivity index (χ1) is 9.33. The van der Waals surface area contributed by atoms with Crippen LogP contribution in [0.1, 0.15) is 26.3 Å². The molecule has 0 N–H and O–H groups in total. The van der Waals surface area contributed by atoms with Crippen molar-refractivity contribution in [3.05, 3.63) is 34.6 Å². The molecule has 0 aliphatic heterocycles. The average Bonchev–Trinajstić information content (AvgIpc) is 2.47. The third-order valence-electron chi connectivity index (χ3n) is 3.69. The van der Waals surface area contributed by atoms with Crippen LogP contribution in [0.25, 0.3) is 0 Å². The third-order valence-corrected chi connectivity index (χ3v) is 8.41. The monoisotopic (exact) mass is 306 g/mol. The Hall–Kier alpha value is -1.35. The summed E-state index contributed by atoms with van der Waals surface area (Å²) in [7, 11) is -2.03. The maximum Gasteiger partial charge on any atom is 0.200 e. The quantitative estimate of drug-likeness (QED) is 0.248. The number of halogens is 5. The molecule has 0 nitrogen and oxygen atoms in total. The van der Waals surface area contributed by atoms with Gasteiger partial charge in [0.1, 0.15) is 13.6 Å². The first-order valence-electron chi connectivity index (χ1n) is 6.38. The SMILES string of the molecule is CC[Si](C#Cc1c(F)c(F)c(F)c(F)c1F)(CC)CC. The number of rotatable bonds is 3. The van der Waals surface area contributed by atoms with Crippen LogP contribution in [0.4, 0.5) is 22.0 Å². The van der Waals surface area contributed by atoms with Gasteiger partial charge in [-0.25, -0.2) is 22.0 Å². The standard InChI is InChI=1S/C14H15F5Si/c1-4-20(5-2,6-3)8-7-9-10(15)12(17)14(19)13(18)11(9)16/h4-6H2,1-3H3. The summed E-state index contributed by atoms with van der Waals surface area (Å²) < 4.78 is 66.0. The highest BCUT2D eigenvalue weighted by atomic mass is 28.3. The summed E-state index contributed by atoms with van der Waals surface area (Å²) in [6, 6.07) is 2.30. The summed E-state index contributed by atoms with van der Waals surface area (Å²) in [5.74, 6) is -7.59. The first-order valence-corrected chi connectivity index (χ1v) is 9.00. The van der Waals surface area contributed by atoms with Gasteiger partial charge in [0.15, 0.2) is 23.3 Å². The molecule has 1 rings (SSSR count). The summed E-state index contributed by atoms with van der Waals surface area (Å²) in [6.07, 6.45) is 0. The lowest BCUT2D eigenvalue weighted by Gasteiger charge is -2.20. The molecule has 0 saturated heterocycles. The van der Waals surface area contributed by atoms with E-state index in [0.717, 1.165) is 18.1 Å². The minimum Gasteiger partial charge on any atom is -0.202 e. The minimum absolute atomic E-state index is 0.766. The molecule has 0 aromatic heterocycles. The lowest BCUT2D eigenvalue weighted by Crippen LogP contribution is -2.29. The van der Waals surface area contributed by atoms with E-state index in [1.165, 1.54) is 0 Å². The Morgan fingerprint density at radius 2 is 1.05 bits per heavy atom. The molecule has 0 radical (unpaired) electrons. The van der Waals surface area contributed by atoms with Crippen LogP contribution in [0.15, 0.2) is 0 Å². The highest BCUT2D eigenvalue weighted by Crippen LogP contribution is 2.23. The molecule has 0 saturated carbocycles. The first kappa shape index (κ1) is 16.7. The molecule has 0 aliphatic carbocycles. The second-order valence-corrected chi connectivity index (χ2v) is 9.47. The van der Waals surface area contributed by atoms with Crippen LogP contribution in [-0.4, -0.2) is 8.07 Å². The molecule has 0 aliphatic rings. The zero-order chi connectivity index (χ0) is 15.5. The molecule has 0 heterocycles. The van der Waals surface area contributed by atoms with Gasteiger partial charge in [-0.05, 0) is 18.1 Å². The molecule has 0 unspecified atom stereocenters. The molecule has 0 fully saturated rings. The van der Waals surface area contributed by atoms with Gasteiger partial charge in [0, 0.05) is 0 Å². The van der Waals surface area contributed by atoms with Gasteiger partial charge in [0.2, 0.25) is 5.82 Å². The Kier molecular flexibility index (Phi) is 5.34. The molecule has 1 aromatic carbocycles. The Bertz CT molecular complexity index is 530. The van der Waals surface area contributed by atoms with E-state index < -0.39 is 42.7 Å². The lowest BCUT2D eigenvalue weighted by molar-refractivity contribution is 0.376. The van der Waals surface area contributed by atoms with Crippen molar-refractivity contribution >= 4 is 8.07 Å². The van der Waals surface area contributed by atoms with Gasteiger partial charge >= 0.3 is 0 Å². The van der Waals surface area contributed by atoms with E-state index in [1.807, 2.05) is 20.8 Å². The van der Waals surface area contributed by atoms with E-state index in [1.54, 1.807) is 0 Å². The van der Waals surface area contributed by atoms with E-state index in [-0.39, 0.29) is 0 Å². The highest BCUT2D eigenvalue weighted by Gasteiger charge is 2.27. The molecular weight excluding hydrogens is 291 g/mol. The Labute approximate surface area is 116 Å². The lowest BCUT2D eigenvalue weighted by atomic mass is 10.2. The summed E-state index contributed by atoms with van der Waals surface area (Å²) in [6.45, 7) is 5.77. The van der Waals surface area contributed by atoms with E-state index in [2.05, 4.69) is 11.5 Å². The van der Waals surface area contributed by atoms with Crippen LogP contribution in [0.3, 0.4) is 0 Å². The van der Waals surface area contributed by atoms with Gasteiger partial charge < -0.3 is 0 Å². The van der Waals surface area contributed by atoms with Crippen LogP contribution in [0.5, 0.6) is 0 Å². The van der Waals surface area contributed by atoms with Crippen LogP contribution < -0.4 is 0 Å². The van der Waals surface area contributed by atoms with E-state index in [0.29, 0.717) is 0 Å². The van der Waals surface area contributed by atoms with Gasteiger partial charge in [-0.15, -0.1) is 5.54 Å². The Morgan fingerprint density at radius 3 is 1.40 bits per heavy atom. The molecule has 110 valence electrons. The summed E-state index contributed by atoms with van der Waals surface area (Å²) in [5.41, 5.74) is 1.77. The fourth-order valence-corrected chi connectivity index (χ4v) is 4.35. The molecule has 0 atom stereocenters. The van der Waals surface area contributed by atoms with E-state index >= 15 is 0 Å². The number of benzene rings is 1. The molecular formula is C14H15F5Si. The topological polar surface area (TPSA) is 0 Å². The molecule has 0 spiro atoms. The predicted molar refractivity (Wildman–Crippen MR) is 70.3 cm³/mol. The number of hydrogen-bond donors (Lipinski definition) is 0. The minimum atomic E-state index is -2.16. The third kappa shape index (κ3) is 2.88. The highest BCUT2D eigenvalue weighted by molar-refractivity contribution is 6.87. The molecule has 1 aromatic rings. The van der Waals surface area contributed by atoms with Gasteiger partial charge in [0.25, 0.3) is 0 Å². The van der Waals surface area contributed by atoms with Crippen molar-refractivity contribution in [2.45, 2.75) is 38.9 Å². The fraction of sp³-hybridized carbons (Fsp3) is 0.429. The second kappa shape index (κ2) is 6.40. The van der Waals surface area contributed by atoms with Gasteiger partial charge in [0.05, 0.1) is 0 Å². The summed E-state index contributed by atoms with van der Waals surface area (Å²) in [4.78, 5) is 0. The maximum atomic E-state index is 13.5. The summed E-state index contributed by atoms with van der Waals surface area (Å²) >= 11 is 0. The zero-order valence-electron chi connectivity index (χ0n) is 11.5. The van der Waals surface area contributed by atoms with Crippen LogP contribution in [0.2, 0.25) is 18.1 Å². The number of hydrogen-bond acceptors (Lipinski definition) is 0. The van der Waals surface area contributed by atoms with Gasteiger partial charge in [-0.3, -0.25) is 0 Å². The van der Waals surface area contributed by atoms with Crippen molar-refractivity contribution in [2.75, 3.05) is 0 Å². The van der Waals surface area contributed by atoms with Crippen LogP contribution in [-0.2, 0) is 0 Å². The maximum absolute atomic E-state index is 13.5. The van der Waals surface area contributed by atoms with Gasteiger partial charge in [-0.1, -0.05) is 26.7 Å². The fourth-order valence-electron chi connectivity index (χ4n) is 1.92. The van der Waals surface area contributed by atoms with E-state index in [4.69, 9.17) is 0 Å². The van der Waals surface area contributed by atoms with Gasteiger partial charge in [-0.2, -0.15) is 0 Å². The van der Waals surface area contributed by atoms with Crippen LogP contribution >= 0.6 is 0 Å². The van der Waals surface area contributed by atoms with E-state index in [9.17, 15) is 22.0 Å². The molecule has 0 amide bonds. The summed E-state index contributed by atoms with van der Waals surface area (Å²) in [5, 5.41) is 0. The van der Waals surface area contributed by atoms with Crippen molar-refractivity contribution in [1.82, 2.24) is 0 Å². The second-order valence-electron chi connectivity index (χ2n) is 4.54. The molecule has 6 heteroatoms. The smallest absolute Gasteiger partial charge is 0.200 e. The normalized spacial score (nSPS) is 11.2. The Balaban J connectivity index is 3.45. The zero-order valence-corrected chi connectivity index (χ0v) is 12.5. The molecule has 0 bridgehead atoms. The average molecular weight is 306 g/mol. The van der Waals surface area contributed by atoms with Crippen molar-refractivity contribution in [2.24, 2.45) is 0 Å². The van der Waals surface area contributed by atoms with Crippen LogP contribution in [0, 0.1) is 40.6 Å². The van der Waals surface area contributed by atoms with Crippen molar-refractivity contribution in [3.63, 3.8) is 0 Å². The van der Waals surface area contributed by atoms with Crippen molar-refractivity contribution in [3.8, 4) is 11.5 Å². The molecule has 20 heavy (non-hydrogen) atoms. The predicted octanol–water partition coefficient (Wildman–Crippen LogP) is 4.78.